The molecule has 1 aromatic carbocycles. The van der Waals surface area contributed by atoms with Gasteiger partial charge in [0.1, 0.15) is 23.7 Å². The lowest BCUT2D eigenvalue weighted by Gasteiger charge is -2.21. The van der Waals surface area contributed by atoms with Gasteiger partial charge in [0.15, 0.2) is 0 Å². The zero-order chi connectivity index (χ0) is 19.9. The summed E-state index contributed by atoms with van der Waals surface area (Å²) in [5.74, 6) is 1.57. The number of aromatic nitrogens is 1. The van der Waals surface area contributed by atoms with Crippen LogP contribution in [0.4, 0.5) is 0 Å². The number of nitrogens with zero attached hydrogens (tertiary/aromatic N) is 2. The molecule has 2 atom stereocenters. The van der Waals surface area contributed by atoms with Crippen LogP contribution in [0.5, 0.6) is 11.5 Å². The number of amides is 1. The number of benzene rings is 1. The number of rotatable bonds is 7. The molecule has 1 N–H and O–H groups in total. The lowest BCUT2D eigenvalue weighted by molar-refractivity contribution is -0.121. The van der Waals surface area contributed by atoms with Crippen LogP contribution in [-0.4, -0.2) is 47.6 Å². The Morgan fingerprint density at radius 1 is 1.46 bits per heavy atom. The van der Waals surface area contributed by atoms with Crippen LogP contribution in [0.15, 0.2) is 42.7 Å². The number of nitrogens with one attached hydrogen (secondary N) is 1. The molecular weight excluding hydrogens is 378 g/mol. The van der Waals surface area contributed by atoms with Crippen molar-refractivity contribution in [2.24, 2.45) is 0 Å². The maximum Gasteiger partial charge on any atom is 0.221 e. The lowest BCUT2D eigenvalue weighted by atomic mass is 10.2. The number of hydrogen-bond acceptors (Lipinski definition) is 5. The molecule has 0 radical (unpaired) electrons. The Kier molecular flexibility index (Phi) is 7.12. The lowest BCUT2D eigenvalue weighted by Crippen LogP contribution is -2.37. The Hall–Kier alpha value is -2.31. The van der Waals surface area contributed by atoms with E-state index in [-0.39, 0.29) is 18.1 Å². The highest BCUT2D eigenvalue weighted by Gasteiger charge is 2.21. The van der Waals surface area contributed by atoms with E-state index in [9.17, 15) is 4.79 Å². The highest BCUT2D eigenvalue weighted by Crippen LogP contribution is 2.28. The van der Waals surface area contributed by atoms with Gasteiger partial charge >= 0.3 is 0 Å². The molecule has 1 aromatic heterocycles. The maximum atomic E-state index is 12.3. The van der Waals surface area contributed by atoms with Gasteiger partial charge in [0.25, 0.3) is 0 Å². The van der Waals surface area contributed by atoms with Gasteiger partial charge in [0.2, 0.25) is 5.91 Å². The molecule has 0 aliphatic carbocycles. The smallest absolute Gasteiger partial charge is 0.221 e. The predicted octanol–water partition coefficient (Wildman–Crippen LogP) is 3.29. The molecular formula is C21H26ClN3O3. The number of pyridine rings is 1. The van der Waals surface area contributed by atoms with Crippen LogP contribution in [0.25, 0.3) is 0 Å². The predicted molar refractivity (Wildman–Crippen MR) is 109 cm³/mol. The van der Waals surface area contributed by atoms with Gasteiger partial charge in [-0.05, 0) is 44.2 Å². The molecule has 3 rings (SSSR count). The molecule has 0 saturated carbocycles. The summed E-state index contributed by atoms with van der Waals surface area (Å²) < 4.78 is 11.7. The van der Waals surface area contributed by atoms with Gasteiger partial charge in [-0.25, -0.2) is 0 Å². The Balaban J connectivity index is 1.44. The summed E-state index contributed by atoms with van der Waals surface area (Å²) in [6.45, 7) is 6.54. The fourth-order valence-electron chi connectivity index (χ4n) is 3.18. The zero-order valence-corrected chi connectivity index (χ0v) is 17.0. The third-order valence-corrected chi connectivity index (χ3v) is 4.71. The number of carbonyl (C=O) groups is 1. The summed E-state index contributed by atoms with van der Waals surface area (Å²) >= 11 is 6.12. The number of ether oxygens (including phenoxy) is 2. The Bertz CT molecular complexity index is 788. The van der Waals surface area contributed by atoms with Crippen molar-refractivity contribution in [3.05, 3.63) is 53.3 Å². The van der Waals surface area contributed by atoms with E-state index in [1.165, 1.54) is 0 Å². The van der Waals surface area contributed by atoms with Crippen molar-refractivity contribution < 1.29 is 14.3 Å². The fraction of sp³-hybridized carbons (Fsp3) is 0.429. The molecule has 0 bridgehead atoms. The Morgan fingerprint density at radius 2 is 2.32 bits per heavy atom. The van der Waals surface area contributed by atoms with E-state index in [4.69, 9.17) is 21.1 Å². The third kappa shape index (κ3) is 6.11. The standard InChI is InChI=1S/C21H26ClN3O3/c1-15(27-19-4-3-8-23-12-19)11-24-21(26)7-9-25-13-16(2)28-20-6-5-18(22)10-17(20)14-25/h3-6,8,10,12,15-16H,7,9,11,13-14H2,1-2H3,(H,24,26)/t15-,16+/m1/s1. The highest BCUT2D eigenvalue weighted by atomic mass is 35.5. The molecule has 0 fully saturated rings. The van der Waals surface area contributed by atoms with Gasteiger partial charge in [-0.1, -0.05) is 11.6 Å². The average molecular weight is 404 g/mol. The molecule has 7 heteroatoms. The van der Waals surface area contributed by atoms with E-state index < -0.39 is 0 Å². The highest BCUT2D eigenvalue weighted by molar-refractivity contribution is 6.30. The Labute approximate surface area is 170 Å². The van der Waals surface area contributed by atoms with Gasteiger partial charge in [-0.3, -0.25) is 14.7 Å². The molecule has 0 unspecified atom stereocenters. The molecule has 1 amide bonds. The molecule has 0 spiro atoms. The van der Waals surface area contributed by atoms with Gasteiger partial charge in [-0.2, -0.15) is 0 Å². The van der Waals surface area contributed by atoms with Gasteiger partial charge in [0, 0.05) is 42.8 Å². The molecule has 1 aliphatic heterocycles. The summed E-state index contributed by atoms with van der Waals surface area (Å²) in [5.41, 5.74) is 1.05. The molecule has 1 aliphatic rings. The van der Waals surface area contributed by atoms with Crippen molar-refractivity contribution in [2.45, 2.75) is 39.0 Å². The van der Waals surface area contributed by atoms with E-state index in [1.807, 2.05) is 44.2 Å². The minimum Gasteiger partial charge on any atom is -0.489 e. The summed E-state index contributed by atoms with van der Waals surface area (Å²) in [7, 11) is 0. The number of fused-ring (bicyclic) bond motifs is 1. The quantitative estimate of drug-likeness (QED) is 0.768. The number of halogens is 1. The van der Waals surface area contributed by atoms with Crippen molar-refractivity contribution >= 4 is 17.5 Å². The normalized spacial score (nSPS) is 17.8. The van der Waals surface area contributed by atoms with E-state index in [0.717, 1.165) is 17.9 Å². The van der Waals surface area contributed by atoms with Crippen LogP contribution in [0.1, 0.15) is 25.8 Å². The van der Waals surface area contributed by atoms with E-state index in [0.29, 0.717) is 36.8 Å². The molecule has 6 nitrogen and oxygen atoms in total. The third-order valence-electron chi connectivity index (χ3n) is 4.47. The van der Waals surface area contributed by atoms with Crippen LogP contribution in [0, 0.1) is 0 Å². The van der Waals surface area contributed by atoms with Crippen LogP contribution >= 0.6 is 11.6 Å². The molecule has 2 aromatic rings. The Morgan fingerprint density at radius 3 is 3.11 bits per heavy atom. The number of carbonyl (C=O) groups excluding carboxylic acids is 1. The van der Waals surface area contributed by atoms with Crippen molar-refractivity contribution in [2.75, 3.05) is 19.6 Å². The van der Waals surface area contributed by atoms with Crippen molar-refractivity contribution in [1.29, 1.82) is 0 Å². The first-order valence-corrected chi connectivity index (χ1v) is 9.88. The van der Waals surface area contributed by atoms with Crippen LogP contribution in [0.2, 0.25) is 5.02 Å². The first kappa shape index (κ1) is 20.4. The zero-order valence-electron chi connectivity index (χ0n) is 16.2. The second-order valence-electron chi connectivity index (χ2n) is 7.09. The molecule has 0 saturated heterocycles. The second-order valence-corrected chi connectivity index (χ2v) is 7.52. The molecule has 28 heavy (non-hydrogen) atoms. The number of hydrogen-bond donors (Lipinski definition) is 1. The topological polar surface area (TPSA) is 63.7 Å². The van der Waals surface area contributed by atoms with E-state index in [2.05, 4.69) is 15.2 Å². The second kappa shape index (κ2) is 9.75. The average Bonchev–Trinajstić information content (AvgIpc) is 2.83. The first-order chi connectivity index (χ1) is 13.5. The monoisotopic (exact) mass is 403 g/mol. The molecule has 2 heterocycles. The van der Waals surface area contributed by atoms with Crippen LogP contribution in [0.3, 0.4) is 0 Å². The summed E-state index contributed by atoms with van der Waals surface area (Å²) in [5, 5.41) is 3.63. The minimum absolute atomic E-state index is 0.00535. The summed E-state index contributed by atoms with van der Waals surface area (Å²) in [6.07, 6.45) is 3.69. The van der Waals surface area contributed by atoms with Crippen molar-refractivity contribution in [3.8, 4) is 11.5 Å². The largest absolute Gasteiger partial charge is 0.489 e. The summed E-state index contributed by atoms with van der Waals surface area (Å²) in [4.78, 5) is 18.5. The minimum atomic E-state index is -0.131. The van der Waals surface area contributed by atoms with Gasteiger partial charge in [0.05, 0.1) is 12.7 Å². The SMILES string of the molecule is C[C@H](CNC(=O)CCN1Cc2cc(Cl)ccc2O[C@@H](C)C1)Oc1cccnc1. The van der Waals surface area contributed by atoms with Crippen LogP contribution < -0.4 is 14.8 Å². The van der Waals surface area contributed by atoms with Gasteiger partial charge in [-0.15, -0.1) is 0 Å². The first-order valence-electron chi connectivity index (χ1n) is 9.50. The van der Waals surface area contributed by atoms with Crippen LogP contribution in [-0.2, 0) is 11.3 Å². The van der Waals surface area contributed by atoms with Gasteiger partial charge < -0.3 is 14.8 Å². The fourth-order valence-corrected chi connectivity index (χ4v) is 3.37. The maximum absolute atomic E-state index is 12.3. The summed E-state index contributed by atoms with van der Waals surface area (Å²) in [6, 6.07) is 9.34. The van der Waals surface area contributed by atoms with Crippen molar-refractivity contribution in [3.63, 3.8) is 0 Å². The molecule has 150 valence electrons. The van der Waals surface area contributed by atoms with Crippen molar-refractivity contribution in [1.82, 2.24) is 15.2 Å². The van der Waals surface area contributed by atoms with E-state index in [1.54, 1.807) is 12.4 Å². The van der Waals surface area contributed by atoms with E-state index >= 15 is 0 Å².